The van der Waals surface area contributed by atoms with Gasteiger partial charge >= 0.3 is 0 Å². The molecule has 0 amide bonds. The van der Waals surface area contributed by atoms with Gasteiger partial charge in [-0.2, -0.15) is 0 Å². The lowest BCUT2D eigenvalue weighted by molar-refractivity contribution is 0.542. The number of allylic oxidation sites excluding steroid dienone is 6. The Labute approximate surface area is 201 Å². The Morgan fingerprint density at radius 2 is 1.55 bits per heavy atom. The third kappa shape index (κ3) is 3.27. The zero-order chi connectivity index (χ0) is 21.8. The third-order valence-electron chi connectivity index (χ3n) is 8.60. The van der Waals surface area contributed by atoms with Crippen LogP contribution in [0.15, 0.2) is 71.2 Å². The molecule has 5 aliphatic rings. The number of thioether (sulfide) groups is 1. The van der Waals surface area contributed by atoms with E-state index in [1.54, 1.807) is 32.0 Å². The first-order valence-electron chi connectivity index (χ1n) is 13.0. The molecule has 4 aliphatic carbocycles. The summed E-state index contributed by atoms with van der Waals surface area (Å²) in [5, 5.41) is 6.85. The monoisotopic (exact) mass is 448 g/mol. The summed E-state index contributed by atoms with van der Waals surface area (Å²) in [6.07, 6.45) is 29.7. The molecule has 4 atom stereocenters. The van der Waals surface area contributed by atoms with Crippen molar-refractivity contribution in [2.75, 3.05) is 0 Å². The second kappa shape index (κ2) is 8.20. The summed E-state index contributed by atoms with van der Waals surface area (Å²) in [7, 11) is 0. The molecule has 1 heterocycles. The largest absolute Gasteiger partial charge is 0.118 e. The summed E-state index contributed by atoms with van der Waals surface area (Å²) < 4.78 is 0. The van der Waals surface area contributed by atoms with E-state index in [-0.39, 0.29) is 0 Å². The Morgan fingerprint density at radius 1 is 0.758 bits per heavy atom. The molecule has 33 heavy (non-hydrogen) atoms. The quantitative estimate of drug-likeness (QED) is 0.431. The van der Waals surface area contributed by atoms with E-state index in [9.17, 15) is 0 Å². The van der Waals surface area contributed by atoms with Crippen molar-refractivity contribution < 1.29 is 0 Å². The molecular formula is C32H32S. The van der Waals surface area contributed by atoms with Crippen LogP contribution in [-0.4, -0.2) is 5.25 Å². The highest BCUT2D eigenvalue weighted by atomic mass is 32.2. The van der Waals surface area contributed by atoms with Crippen LogP contribution in [0.1, 0.15) is 74.3 Å². The maximum absolute atomic E-state index is 2.58. The molecule has 0 radical (unpaired) electrons. The van der Waals surface area contributed by atoms with Gasteiger partial charge in [0.15, 0.2) is 0 Å². The van der Waals surface area contributed by atoms with Gasteiger partial charge in [0.2, 0.25) is 0 Å². The van der Waals surface area contributed by atoms with E-state index in [4.69, 9.17) is 0 Å². The Morgan fingerprint density at radius 3 is 2.36 bits per heavy atom. The molecule has 1 heteroatoms. The Hall–Kier alpha value is -2.25. The molecule has 1 aliphatic heterocycles. The van der Waals surface area contributed by atoms with Crippen LogP contribution in [0.25, 0.3) is 22.9 Å². The van der Waals surface area contributed by atoms with Crippen molar-refractivity contribution in [3.05, 3.63) is 92.8 Å². The minimum atomic E-state index is 0.496. The molecule has 0 aromatic heterocycles. The van der Waals surface area contributed by atoms with Gasteiger partial charge in [0.05, 0.1) is 0 Å². The summed E-state index contributed by atoms with van der Waals surface area (Å²) in [6.45, 7) is 0. The first kappa shape index (κ1) is 20.2. The SMILES string of the molecule is C1=CCC(c2c3c(c(C4C=CC5=C(C4)C4CCC=CC4S5)c4ccccc24)=CCCC=3)CC1. The van der Waals surface area contributed by atoms with Crippen LogP contribution in [-0.2, 0) is 0 Å². The van der Waals surface area contributed by atoms with E-state index < -0.39 is 0 Å². The van der Waals surface area contributed by atoms with Gasteiger partial charge in [-0.3, -0.25) is 0 Å². The fourth-order valence-corrected chi connectivity index (χ4v) is 8.62. The summed E-state index contributed by atoms with van der Waals surface area (Å²) in [5.41, 5.74) is 4.99. The van der Waals surface area contributed by atoms with Crippen LogP contribution in [0.5, 0.6) is 0 Å². The van der Waals surface area contributed by atoms with Gasteiger partial charge in [0, 0.05) is 16.1 Å². The maximum Gasteiger partial charge on any atom is 0.0340 e. The lowest BCUT2D eigenvalue weighted by Gasteiger charge is -2.29. The van der Waals surface area contributed by atoms with E-state index in [1.807, 2.05) is 0 Å². The number of hydrogen-bond acceptors (Lipinski definition) is 1. The molecule has 4 unspecified atom stereocenters. The maximum atomic E-state index is 2.58. The molecule has 2 aromatic carbocycles. The highest BCUT2D eigenvalue weighted by Gasteiger charge is 2.37. The van der Waals surface area contributed by atoms with Gasteiger partial charge < -0.3 is 0 Å². The van der Waals surface area contributed by atoms with Crippen LogP contribution in [0, 0.1) is 5.92 Å². The van der Waals surface area contributed by atoms with Crippen LogP contribution in [0.2, 0.25) is 0 Å². The zero-order valence-electron chi connectivity index (χ0n) is 19.3. The van der Waals surface area contributed by atoms with Crippen LogP contribution in [0.3, 0.4) is 0 Å². The molecule has 166 valence electrons. The normalized spacial score (nSPS) is 29.9. The van der Waals surface area contributed by atoms with E-state index in [2.05, 4.69) is 84.6 Å². The summed E-state index contributed by atoms with van der Waals surface area (Å²) in [6, 6.07) is 9.36. The fourth-order valence-electron chi connectivity index (χ4n) is 7.13. The van der Waals surface area contributed by atoms with E-state index in [0.29, 0.717) is 17.1 Å². The van der Waals surface area contributed by atoms with E-state index >= 15 is 0 Å². The highest BCUT2D eigenvalue weighted by molar-refractivity contribution is 8.04. The Balaban J connectivity index is 1.41. The van der Waals surface area contributed by atoms with Gasteiger partial charge in [-0.15, -0.1) is 11.8 Å². The predicted octanol–water partition coefficient (Wildman–Crippen LogP) is 7.40. The fraction of sp³-hybridized carbons (Fsp3) is 0.375. The van der Waals surface area contributed by atoms with Crippen LogP contribution in [0.4, 0.5) is 0 Å². The average Bonchev–Trinajstić information content (AvgIpc) is 3.25. The molecule has 0 N–H and O–H groups in total. The highest BCUT2D eigenvalue weighted by Crippen LogP contribution is 2.52. The van der Waals surface area contributed by atoms with Gasteiger partial charge in [0.1, 0.15) is 0 Å². The summed E-state index contributed by atoms with van der Waals surface area (Å²) in [4.78, 5) is 1.58. The third-order valence-corrected chi connectivity index (χ3v) is 10.0. The first-order valence-corrected chi connectivity index (χ1v) is 13.9. The van der Waals surface area contributed by atoms with Gasteiger partial charge in [-0.1, -0.05) is 78.4 Å². The summed E-state index contributed by atoms with van der Waals surface area (Å²) in [5.74, 6) is 1.91. The van der Waals surface area contributed by atoms with Crippen molar-refractivity contribution in [1.29, 1.82) is 0 Å². The molecule has 0 saturated heterocycles. The lowest BCUT2D eigenvalue weighted by atomic mass is 9.75. The molecule has 2 aromatic rings. The molecule has 0 saturated carbocycles. The molecule has 0 bridgehead atoms. The first-order chi connectivity index (χ1) is 16.4. The minimum absolute atomic E-state index is 0.496. The van der Waals surface area contributed by atoms with E-state index in [1.165, 1.54) is 62.1 Å². The second-order valence-electron chi connectivity index (χ2n) is 10.4. The van der Waals surface area contributed by atoms with Gasteiger partial charge in [0.25, 0.3) is 0 Å². The van der Waals surface area contributed by atoms with E-state index in [0.717, 1.165) is 5.92 Å². The minimum Gasteiger partial charge on any atom is -0.118 e. The summed E-state index contributed by atoms with van der Waals surface area (Å²) >= 11 is 2.11. The lowest BCUT2D eigenvalue weighted by Crippen LogP contribution is -2.37. The number of hydrogen-bond donors (Lipinski definition) is 0. The number of benzene rings is 2. The molecule has 0 fully saturated rings. The van der Waals surface area contributed by atoms with Gasteiger partial charge in [-0.25, -0.2) is 0 Å². The number of fused-ring (bicyclic) bond motifs is 4. The van der Waals surface area contributed by atoms with Crippen molar-refractivity contribution in [2.24, 2.45) is 5.92 Å². The standard InChI is InChI=1S/C32H32S/c1-2-10-21(11-3-1)31-24-13-4-6-15-26(24)32(27-16-7-5-14-25(27)31)22-18-19-30-28(20-22)23-12-8-9-17-29(23)33-30/h1-2,4,6,9,13-19,21-23,29H,3,5,7-8,10-12,20H2. The molecular weight excluding hydrogens is 416 g/mol. The van der Waals surface area contributed by atoms with Gasteiger partial charge in [-0.05, 0) is 95.5 Å². The second-order valence-corrected chi connectivity index (χ2v) is 11.6. The molecule has 0 spiro atoms. The Bertz CT molecular complexity index is 1370. The topological polar surface area (TPSA) is 0 Å². The molecule has 7 rings (SSSR count). The van der Waals surface area contributed by atoms with Crippen molar-refractivity contribution >= 4 is 34.7 Å². The van der Waals surface area contributed by atoms with Crippen molar-refractivity contribution in [2.45, 2.75) is 68.5 Å². The number of rotatable bonds is 2. The van der Waals surface area contributed by atoms with Crippen molar-refractivity contribution in [3.8, 4) is 0 Å². The zero-order valence-corrected chi connectivity index (χ0v) is 20.1. The smallest absolute Gasteiger partial charge is 0.0340 e. The van der Waals surface area contributed by atoms with Crippen LogP contribution < -0.4 is 10.4 Å². The van der Waals surface area contributed by atoms with Crippen LogP contribution >= 0.6 is 11.8 Å². The van der Waals surface area contributed by atoms with Crippen molar-refractivity contribution in [1.82, 2.24) is 0 Å². The molecule has 0 nitrogen and oxygen atoms in total. The Kier molecular flexibility index (Phi) is 5.01. The predicted molar refractivity (Wildman–Crippen MR) is 144 cm³/mol. The average molecular weight is 449 g/mol. The van der Waals surface area contributed by atoms with Crippen molar-refractivity contribution in [3.63, 3.8) is 0 Å².